The van der Waals surface area contributed by atoms with Gasteiger partial charge in [-0.25, -0.2) is 4.79 Å². The van der Waals surface area contributed by atoms with Crippen molar-refractivity contribution in [2.75, 3.05) is 10.6 Å². The minimum absolute atomic E-state index is 0.158. The lowest BCUT2D eigenvalue weighted by molar-refractivity contribution is -0.114. The fourth-order valence-corrected chi connectivity index (χ4v) is 1.88. The van der Waals surface area contributed by atoms with E-state index in [2.05, 4.69) is 20.9 Å². The largest absolute Gasteiger partial charge is 0.332 e. The Kier molecular flexibility index (Phi) is 5.08. The lowest BCUT2D eigenvalue weighted by Gasteiger charge is -2.11. The summed E-state index contributed by atoms with van der Waals surface area (Å²) in [7, 11) is 0. The smallest absolute Gasteiger partial charge is 0.319 e. The first-order valence-corrected chi connectivity index (χ1v) is 6.87. The molecule has 2 rings (SSSR count). The summed E-state index contributed by atoms with van der Waals surface area (Å²) in [5.41, 5.74) is 2.96. The first-order valence-electron chi connectivity index (χ1n) is 6.87. The highest BCUT2D eigenvalue weighted by molar-refractivity contribution is 5.93. The number of pyridine rings is 1. The summed E-state index contributed by atoms with van der Waals surface area (Å²) < 4.78 is 0. The number of amides is 3. The van der Waals surface area contributed by atoms with E-state index in [1.807, 2.05) is 31.2 Å². The zero-order valence-electron chi connectivity index (χ0n) is 12.5. The molecule has 0 radical (unpaired) electrons. The monoisotopic (exact) mass is 298 g/mol. The molecule has 22 heavy (non-hydrogen) atoms. The molecule has 6 heteroatoms. The SMILES string of the molecule is CC(=O)Nc1ccc(C)c(NC(=O)NCc2ccccn2)c1. The van der Waals surface area contributed by atoms with E-state index >= 15 is 0 Å². The van der Waals surface area contributed by atoms with E-state index in [1.54, 1.807) is 18.3 Å². The Morgan fingerprint density at radius 3 is 2.64 bits per heavy atom. The minimum Gasteiger partial charge on any atom is -0.332 e. The van der Waals surface area contributed by atoms with Gasteiger partial charge in [-0.1, -0.05) is 12.1 Å². The summed E-state index contributed by atoms with van der Waals surface area (Å²) >= 11 is 0. The summed E-state index contributed by atoms with van der Waals surface area (Å²) in [4.78, 5) is 27.1. The van der Waals surface area contributed by atoms with Gasteiger partial charge in [0.2, 0.25) is 5.91 Å². The maximum absolute atomic E-state index is 11.9. The maximum atomic E-state index is 11.9. The number of hydrogen-bond acceptors (Lipinski definition) is 3. The third-order valence-electron chi connectivity index (χ3n) is 2.96. The quantitative estimate of drug-likeness (QED) is 0.811. The zero-order chi connectivity index (χ0) is 15.9. The summed E-state index contributed by atoms with van der Waals surface area (Å²) in [5.74, 6) is -0.158. The van der Waals surface area contributed by atoms with E-state index in [0.29, 0.717) is 17.9 Å². The van der Waals surface area contributed by atoms with Crippen LogP contribution >= 0.6 is 0 Å². The summed E-state index contributed by atoms with van der Waals surface area (Å²) in [6.07, 6.45) is 1.68. The fourth-order valence-electron chi connectivity index (χ4n) is 1.88. The molecule has 0 bridgehead atoms. The molecule has 0 aliphatic rings. The standard InChI is InChI=1S/C16H18N4O2/c1-11-6-7-13(19-12(2)21)9-15(11)20-16(22)18-10-14-5-3-4-8-17-14/h3-9H,10H2,1-2H3,(H,19,21)(H2,18,20,22). The molecule has 0 unspecified atom stereocenters. The molecule has 3 N–H and O–H groups in total. The highest BCUT2D eigenvalue weighted by Gasteiger charge is 2.06. The number of nitrogens with zero attached hydrogens (tertiary/aromatic N) is 1. The predicted octanol–water partition coefficient (Wildman–Crippen LogP) is 2.67. The first-order chi connectivity index (χ1) is 10.5. The van der Waals surface area contributed by atoms with Crippen molar-refractivity contribution < 1.29 is 9.59 Å². The second-order valence-corrected chi connectivity index (χ2v) is 4.84. The third kappa shape index (κ3) is 4.59. The number of nitrogens with one attached hydrogen (secondary N) is 3. The van der Waals surface area contributed by atoms with E-state index in [0.717, 1.165) is 11.3 Å². The molecule has 3 amide bonds. The van der Waals surface area contributed by atoms with E-state index in [9.17, 15) is 9.59 Å². The lowest BCUT2D eigenvalue weighted by Crippen LogP contribution is -2.28. The first kappa shape index (κ1) is 15.5. The van der Waals surface area contributed by atoms with Gasteiger partial charge in [0.05, 0.1) is 12.2 Å². The maximum Gasteiger partial charge on any atom is 0.319 e. The van der Waals surface area contributed by atoms with Crippen molar-refractivity contribution in [3.05, 3.63) is 53.9 Å². The highest BCUT2D eigenvalue weighted by Crippen LogP contribution is 2.20. The van der Waals surface area contributed by atoms with Crippen molar-refractivity contribution in [1.29, 1.82) is 0 Å². The molecular weight excluding hydrogens is 280 g/mol. The summed E-state index contributed by atoms with van der Waals surface area (Å²) in [6, 6.07) is 10.5. The molecule has 114 valence electrons. The number of aromatic nitrogens is 1. The molecule has 6 nitrogen and oxygen atoms in total. The van der Waals surface area contributed by atoms with Crippen LogP contribution in [0.25, 0.3) is 0 Å². The van der Waals surface area contributed by atoms with E-state index in [-0.39, 0.29) is 11.9 Å². The molecule has 0 saturated heterocycles. The third-order valence-corrected chi connectivity index (χ3v) is 2.96. The highest BCUT2D eigenvalue weighted by atomic mass is 16.2. The van der Waals surface area contributed by atoms with Gasteiger partial charge in [-0.05, 0) is 36.8 Å². The molecule has 0 saturated carbocycles. The molecule has 1 heterocycles. The number of urea groups is 1. The molecular formula is C16H18N4O2. The van der Waals surface area contributed by atoms with Gasteiger partial charge in [-0.2, -0.15) is 0 Å². The van der Waals surface area contributed by atoms with Crippen LogP contribution in [0.15, 0.2) is 42.6 Å². The average molecular weight is 298 g/mol. The van der Waals surface area contributed by atoms with Gasteiger partial charge in [0.25, 0.3) is 0 Å². The number of rotatable bonds is 4. The molecule has 1 aromatic heterocycles. The number of aryl methyl sites for hydroxylation is 1. The van der Waals surface area contributed by atoms with E-state index in [1.165, 1.54) is 6.92 Å². The van der Waals surface area contributed by atoms with Crippen molar-refractivity contribution >= 4 is 23.3 Å². The Labute approximate surface area is 129 Å². The van der Waals surface area contributed by atoms with Crippen molar-refractivity contribution in [2.24, 2.45) is 0 Å². The fraction of sp³-hybridized carbons (Fsp3) is 0.188. The van der Waals surface area contributed by atoms with Crippen molar-refractivity contribution in [1.82, 2.24) is 10.3 Å². The van der Waals surface area contributed by atoms with Gasteiger partial charge >= 0.3 is 6.03 Å². The average Bonchev–Trinajstić information content (AvgIpc) is 2.49. The van der Waals surface area contributed by atoms with Crippen molar-refractivity contribution in [3.63, 3.8) is 0 Å². The normalized spacial score (nSPS) is 9.91. The van der Waals surface area contributed by atoms with Gasteiger partial charge in [-0.15, -0.1) is 0 Å². The molecule has 0 atom stereocenters. The molecule has 1 aromatic carbocycles. The van der Waals surface area contributed by atoms with E-state index in [4.69, 9.17) is 0 Å². The van der Waals surface area contributed by atoms with Gasteiger partial charge in [-0.3, -0.25) is 9.78 Å². The molecule has 0 aliphatic heterocycles. The summed E-state index contributed by atoms with van der Waals surface area (Å²) in [5, 5.41) is 8.18. The van der Waals surface area contributed by atoms with Crippen LogP contribution < -0.4 is 16.0 Å². The van der Waals surface area contributed by atoms with Gasteiger partial charge in [0.15, 0.2) is 0 Å². The van der Waals surface area contributed by atoms with Crippen LogP contribution in [0.3, 0.4) is 0 Å². The van der Waals surface area contributed by atoms with E-state index < -0.39 is 0 Å². The molecule has 0 aliphatic carbocycles. The van der Waals surface area contributed by atoms with Crippen LogP contribution in [-0.4, -0.2) is 16.9 Å². The van der Waals surface area contributed by atoms with Crippen LogP contribution in [-0.2, 0) is 11.3 Å². The molecule has 2 aromatic rings. The predicted molar refractivity (Wildman–Crippen MR) is 85.6 cm³/mol. The number of carbonyl (C=O) groups excluding carboxylic acids is 2. The van der Waals surface area contributed by atoms with Crippen LogP contribution in [0.2, 0.25) is 0 Å². The Bertz CT molecular complexity index is 671. The zero-order valence-corrected chi connectivity index (χ0v) is 12.5. The van der Waals surface area contributed by atoms with Crippen LogP contribution in [0.5, 0.6) is 0 Å². The lowest BCUT2D eigenvalue weighted by atomic mass is 10.2. The number of hydrogen-bond donors (Lipinski definition) is 3. The van der Waals surface area contributed by atoms with Crippen LogP contribution in [0.1, 0.15) is 18.2 Å². The molecule has 0 fully saturated rings. The van der Waals surface area contributed by atoms with Gasteiger partial charge in [0.1, 0.15) is 0 Å². The topological polar surface area (TPSA) is 83.1 Å². The Hall–Kier alpha value is -2.89. The Morgan fingerprint density at radius 1 is 1.14 bits per heavy atom. The second kappa shape index (κ2) is 7.21. The van der Waals surface area contributed by atoms with Crippen LogP contribution in [0, 0.1) is 6.92 Å². The molecule has 0 spiro atoms. The van der Waals surface area contributed by atoms with Gasteiger partial charge < -0.3 is 16.0 Å². The Balaban J connectivity index is 1.97. The minimum atomic E-state index is -0.325. The second-order valence-electron chi connectivity index (χ2n) is 4.84. The van der Waals surface area contributed by atoms with Crippen LogP contribution in [0.4, 0.5) is 16.2 Å². The Morgan fingerprint density at radius 2 is 1.95 bits per heavy atom. The van der Waals surface area contributed by atoms with Gasteiger partial charge in [0, 0.05) is 24.5 Å². The van der Waals surface area contributed by atoms with Crippen molar-refractivity contribution in [3.8, 4) is 0 Å². The number of benzene rings is 1. The summed E-state index contributed by atoms with van der Waals surface area (Å²) in [6.45, 7) is 3.66. The number of carbonyl (C=O) groups is 2. The van der Waals surface area contributed by atoms with Crippen molar-refractivity contribution in [2.45, 2.75) is 20.4 Å². The number of anilines is 2.